The van der Waals surface area contributed by atoms with Gasteiger partial charge in [0.15, 0.2) is 5.17 Å². The molecule has 2 heterocycles. The molecule has 0 unspecified atom stereocenters. The number of benzene rings is 3. The molecule has 2 aliphatic rings. The normalized spacial score (nSPS) is 17.2. The highest BCUT2D eigenvalue weighted by Gasteiger charge is 2.20. The Balaban J connectivity index is 1.28. The highest BCUT2D eigenvalue weighted by molar-refractivity contribution is 8.14. The van der Waals surface area contributed by atoms with Crippen LogP contribution in [0.3, 0.4) is 0 Å². The number of fused-ring (bicyclic) bond motifs is 2. The molecule has 3 aromatic rings. The standard InChI is InChI=1S/C22H18N4OS/c27-21-11-18-8-7-17(10-19(18)24-21)20-13-28-22(26-25-20)23-12-14-5-6-15-3-1-2-4-16(15)9-14/h1-10H,11-13H2,(H,23,26)(H,24,27). The number of nitrogens with one attached hydrogen (secondary N) is 2. The van der Waals surface area contributed by atoms with E-state index in [4.69, 9.17) is 0 Å². The lowest BCUT2D eigenvalue weighted by Crippen LogP contribution is -2.25. The number of thioether (sulfide) groups is 1. The van der Waals surface area contributed by atoms with Crippen LogP contribution < -0.4 is 10.7 Å². The van der Waals surface area contributed by atoms with Crippen LogP contribution in [0, 0.1) is 0 Å². The third-order valence-electron chi connectivity index (χ3n) is 4.92. The number of amidine groups is 1. The fraction of sp³-hybridized carbons (Fsp3) is 0.136. The molecule has 2 aliphatic heterocycles. The van der Waals surface area contributed by atoms with E-state index in [9.17, 15) is 4.79 Å². The molecule has 0 atom stereocenters. The van der Waals surface area contributed by atoms with E-state index in [0.717, 1.165) is 33.4 Å². The fourth-order valence-electron chi connectivity index (χ4n) is 3.44. The summed E-state index contributed by atoms with van der Waals surface area (Å²) in [4.78, 5) is 16.2. The van der Waals surface area contributed by atoms with E-state index in [1.165, 1.54) is 16.3 Å². The maximum absolute atomic E-state index is 11.5. The first-order chi connectivity index (χ1) is 13.7. The fourth-order valence-corrected chi connectivity index (χ4v) is 4.21. The number of carbonyl (C=O) groups is 1. The van der Waals surface area contributed by atoms with Crippen LogP contribution in [0.5, 0.6) is 0 Å². The van der Waals surface area contributed by atoms with Gasteiger partial charge >= 0.3 is 0 Å². The number of hydrogen-bond donors (Lipinski definition) is 2. The van der Waals surface area contributed by atoms with E-state index in [2.05, 4.69) is 63.3 Å². The Bertz CT molecular complexity index is 1150. The Morgan fingerprint density at radius 3 is 2.79 bits per heavy atom. The van der Waals surface area contributed by atoms with E-state index >= 15 is 0 Å². The van der Waals surface area contributed by atoms with Crippen LogP contribution in [0.25, 0.3) is 10.8 Å². The zero-order chi connectivity index (χ0) is 18.9. The number of hydrogen-bond acceptors (Lipinski definition) is 4. The first-order valence-electron chi connectivity index (χ1n) is 9.15. The van der Waals surface area contributed by atoms with Crippen molar-refractivity contribution in [3.05, 3.63) is 77.4 Å². The molecule has 0 fully saturated rings. The summed E-state index contributed by atoms with van der Waals surface area (Å²) in [5, 5.41) is 10.7. The molecular formula is C22H18N4OS. The number of carbonyl (C=O) groups excluding carboxylic acids is 1. The average Bonchev–Trinajstić information content (AvgIpc) is 3.11. The quantitative estimate of drug-likeness (QED) is 0.717. The molecule has 1 amide bonds. The van der Waals surface area contributed by atoms with Crippen molar-refractivity contribution in [2.75, 3.05) is 11.1 Å². The van der Waals surface area contributed by atoms with Crippen molar-refractivity contribution >= 4 is 45.0 Å². The van der Waals surface area contributed by atoms with Gasteiger partial charge in [0.05, 0.1) is 18.7 Å². The van der Waals surface area contributed by atoms with Crippen molar-refractivity contribution in [1.82, 2.24) is 5.43 Å². The van der Waals surface area contributed by atoms with E-state index in [-0.39, 0.29) is 5.91 Å². The second kappa shape index (κ2) is 7.13. The van der Waals surface area contributed by atoms with E-state index in [1.807, 2.05) is 18.2 Å². The summed E-state index contributed by atoms with van der Waals surface area (Å²) >= 11 is 1.64. The monoisotopic (exact) mass is 386 g/mol. The Labute approximate surface area is 166 Å². The largest absolute Gasteiger partial charge is 0.326 e. The lowest BCUT2D eigenvalue weighted by atomic mass is 10.1. The topological polar surface area (TPSA) is 65.8 Å². The van der Waals surface area contributed by atoms with Crippen molar-refractivity contribution < 1.29 is 4.79 Å². The molecule has 28 heavy (non-hydrogen) atoms. The van der Waals surface area contributed by atoms with Crippen LogP contribution >= 0.6 is 11.8 Å². The second-order valence-corrected chi connectivity index (χ2v) is 7.82. The van der Waals surface area contributed by atoms with Gasteiger partial charge in [-0.1, -0.05) is 60.3 Å². The Hall–Kier alpha value is -3.12. The first kappa shape index (κ1) is 17.0. The van der Waals surface area contributed by atoms with Gasteiger partial charge in [-0.15, -0.1) is 0 Å². The predicted molar refractivity (Wildman–Crippen MR) is 116 cm³/mol. The summed E-state index contributed by atoms with van der Waals surface area (Å²) in [5.41, 5.74) is 8.16. The van der Waals surface area contributed by atoms with Crippen molar-refractivity contribution in [3.63, 3.8) is 0 Å². The molecule has 0 saturated heterocycles. The smallest absolute Gasteiger partial charge is 0.228 e. The van der Waals surface area contributed by atoms with Gasteiger partial charge in [0.1, 0.15) is 0 Å². The molecule has 0 saturated carbocycles. The van der Waals surface area contributed by atoms with Gasteiger partial charge in [-0.3, -0.25) is 15.2 Å². The zero-order valence-corrected chi connectivity index (χ0v) is 15.9. The maximum atomic E-state index is 11.5. The van der Waals surface area contributed by atoms with Crippen molar-refractivity contribution in [3.8, 4) is 0 Å². The molecule has 0 radical (unpaired) electrons. The molecule has 5 rings (SSSR count). The summed E-state index contributed by atoms with van der Waals surface area (Å²) < 4.78 is 0. The summed E-state index contributed by atoms with van der Waals surface area (Å²) in [5.74, 6) is 0.796. The van der Waals surface area contributed by atoms with E-state index in [1.54, 1.807) is 11.8 Å². The van der Waals surface area contributed by atoms with Crippen LogP contribution in [0.2, 0.25) is 0 Å². The highest BCUT2D eigenvalue weighted by Crippen LogP contribution is 2.25. The molecule has 0 aromatic heterocycles. The number of aliphatic imine (C=N–C) groups is 1. The van der Waals surface area contributed by atoms with Crippen molar-refractivity contribution in [2.24, 2.45) is 10.1 Å². The first-order valence-corrected chi connectivity index (χ1v) is 10.1. The van der Waals surface area contributed by atoms with Gasteiger partial charge in [0.25, 0.3) is 0 Å². The van der Waals surface area contributed by atoms with Gasteiger partial charge in [-0.25, -0.2) is 0 Å². The van der Waals surface area contributed by atoms with Crippen LogP contribution in [-0.2, 0) is 17.8 Å². The molecule has 0 spiro atoms. The van der Waals surface area contributed by atoms with Crippen LogP contribution in [0.15, 0.2) is 70.8 Å². The molecule has 2 N–H and O–H groups in total. The van der Waals surface area contributed by atoms with Gasteiger partial charge in [-0.05, 0) is 34.0 Å². The number of amides is 1. The molecular weight excluding hydrogens is 368 g/mol. The van der Waals surface area contributed by atoms with Crippen LogP contribution in [0.1, 0.15) is 16.7 Å². The number of anilines is 1. The van der Waals surface area contributed by atoms with Gasteiger partial charge in [0.2, 0.25) is 5.91 Å². The minimum absolute atomic E-state index is 0.0494. The van der Waals surface area contributed by atoms with Crippen molar-refractivity contribution in [2.45, 2.75) is 13.0 Å². The van der Waals surface area contributed by atoms with E-state index < -0.39 is 0 Å². The SMILES string of the molecule is O=C1Cc2ccc(C3=NNC(=NCc4ccc5ccccc5c4)SC3)cc2N1. The third kappa shape index (κ3) is 3.39. The minimum atomic E-state index is 0.0494. The zero-order valence-electron chi connectivity index (χ0n) is 15.1. The lowest BCUT2D eigenvalue weighted by molar-refractivity contribution is -0.115. The van der Waals surface area contributed by atoms with E-state index in [0.29, 0.717) is 13.0 Å². The van der Waals surface area contributed by atoms with Gasteiger partial charge in [-0.2, -0.15) is 5.10 Å². The summed E-state index contributed by atoms with van der Waals surface area (Å²) in [7, 11) is 0. The Morgan fingerprint density at radius 2 is 1.93 bits per heavy atom. The second-order valence-electron chi connectivity index (χ2n) is 6.86. The number of hydrazone groups is 1. The minimum Gasteiger partial charge on any atom is -0.326 e. The highest BCUT2D eigenvalue weighted by atomic mass is 32.2. The number of rotatable bonds is 3. The summed E-state index contributed by atoms with van der Waals surface area (Å²) in [6.45, 7) is 0.621. The summed E-state index contributed by atoms with van der Waals surface area (Å²) in [6.07, 6.45) is 0.459. The van der Waals surface area contributed by atoms with Crippen LogP contribution in [0.4, 0.5) is 5.69 Å². The van der Waals surface area contributed by atoms with Gasteiger partial charge < -0.3 is 5.32 Å². The molecule has 138 valence electrons. The average molecular weight is 386 g/mol. The molecule has 5 nitrogen and oxygen atoms in total. The number of nitrogens with zero attached hydrogens (tertiary/aromatic N) is 2. The van der Waals surface area contributed by atoms with Gasteiger partial charge in [0, 0.05) is 17.0 Å². The molecule has 0 bridgehead atoms. The molecule has 0 aliphatic carbocycles. The Kier molecular flexibility index (Phi) is 4.33. The van der Waals surface area contributed by atoms with Crippen LogP contribution in [-0.4, -0.2) is 22.5 Å². The lowest BCUT2D eigenvalue weighted by Gasteiger charge is -2.15. The summed E-state index contributed by atoms with van der Waals surface area (Å²) in [6, 6.07) is 20.8. The predicted octanol–water partition coefficient (Wildman–Crippen LogP) is 3.93. The molecule has 6 heteroatoms. The third-order valence-corrected chi connectivity index (χ3v) is 5.83. The molecule has 3 aromatic carbocycles. The maximum Gasteiger partial charge on any atom is 0.228 e. The Morgan fingerprint density at radius 1 is 1.04 bits per heavy atom. The van der Waals surface area contributed by atoms with Crippen molar-refractivity contribution in [1.29, 1.82) is 0 Å².